The number of amides is 2. The molecule has 0 aliphatic carbocycles. The minimum absolute atomic E-state index is 0.0721. The number of urea groups is 1. The fraction of sp³-hybridized carbons (Fsp3) is 0.571. The summed E-state index contributed by atoms with van der Waals surface area (Å²) >= 11 is 0. The monoisotopic (exact) mass is 370 g/mol. The lowest BCUT2D eigenvalue weighted by atomic mass is 9.91. The van der Waals surface area contributed by atoms with Crippen molar-refractivity contribution in [3.05, 3.63) is 36.0 Å². The smallest absolute Gasteiger partial charge is 0.317 e. The molecule has 0 radical (unpaired) electrons. The number of likely N-dealkylation sites (tertiary alicyclic amines) is 1. The molecular formula is C21H30N4O2. The van der Waals surface area contributed by atoms with Gasteiger partial charge in [0, 0.05) is 61.8 Å². The molecule has 1 aromatic carbocycles. The van der Waals surface area contributed by atoms with E-state index >= 15 is 0 Å². The zero-order valence-electron chi connectivity index (χ0n) is 16.1. The number of aromatic nitrogens is 1. The molecule has 6 heteroatoms. The van der Waals surface area contributed by atoms with Crippen molar-refractivity contribution < 1.29 is 9.53 Å². The molecule has 6 nitrogen and oxygen atoms in total. The zero-order valence-corrected chi connectivity index (χ0v) is 16.1. The van der Waals surface area contributed by atoms with Crippen LogP contribution in [0.3, 0.4) is 0 Å². The molecule has 2 saturated heterocycles. The Morgan fingerprint density at radius 2 is 2.26 bits per heavy atom. The second kappa shape index (κ2) is 8.31. The number of fused-ring (bicyclic) bond motifs is 2. The summed E-state index contributed by atoms with van der Waals surface area (Å²) in [6.07, 6.45) is 3.98. The number of carbonyl (C=O) groups excluding carboxylic acids is 1. The predicted octanol–water partition coefficient (Wildman–Crippen LogP) is 2.81. The molecule has 2 aliphatic heterocycles. The maximum atomic E-state index is 12.6. The molecule has 0 bridgehead atoms. The fourth-order valence-electron chi connectivity index (χ4n) is 4.49. The number of hydrogen-bond acceptors (Lipinski definition) is 3. The molecule has 2 atom stereocenters. The Morgan fingerprint density at radius 3 is 3.15 bits per heavy atom. The Balaban J connectivity index is 1.44. The van der Waals surface area contributed by atoms with Gasteiger partial charge in [-0.15, -0.1) is 0 Å². The van der Waals surface area contributed by atoms with E-state index in [4.69, 9.17) is 4.74 Å². The lowest BCUT2D eigenvalue weighted by Gasteiger charge is -2.42. The first-order valence-electron chi connectivity index (χ1n) is 10.2. The maximum absolute atomic E-state index is 12.6. The lowest BCUT2D eigenvalue weighted by molar-refractivity contribution is 0.0544. The highest BCUT2D eigenvalue weighted by Crippen LogP contribution is 2.27. The van der Waals surface area contributed by atoms with E-state index in [2.05, 4.69) is 46.4 Å². The summed E-state index contributed by atoms with van der Waals surface area (Å²) in [7, 11) is 0. The first kappa shape index (κ1) is 18.3. The minimum atomic E-state index is 0.0721. The van der Waals surface area contributed by atoms with Gasteiger partial charge in [-0.2, -0.15) is 0 Å². The van der Waals surface area contributed by atoms with Gasteiger partial charge in [0.05, 0.1) is 13.2 Å². The average Bonchev–Trinajstić information content (AvgIpc) is 3.07. The Hall–Kier alpha value is -2.05. The number of benzene rings is 1. The van der Waals surface area contributed by atoms with Gasteiger partial charge in [0.25, 0.3) is 0 Å². The van der Waals surface area contributed by atoms with Crippen LogP contribution in [0.25, 0.3) is 10.9 Å². The number of piperidine rings is 1. The van der Waals surface area contributed by atoms with Crippen LogP contribution in [0.1, 0.15) is 25.3 Å². The van der Waals surface area contributed by atoms with Crippen LogP contribution in [-0.2, 0) is 11.3 Å². The molecule has 3 heterocycles. The number of H-pyrrole nitrogens is 1. The summed E-state index contributed by atoms with van der Waals surface area (Å²) in [6.45, 7) is 7.82. The fourth-order valence-corrected chi connectivity index (χ4v) is 4.49. The zero-order chi connectivity index (χ0) is 18.6. The number of carbonyl (C=O) groups is 1. The Bertz CT molecular complexity index is 774. The molecule has 0 saturated carbocycles. The third-order valence-electron chi connectivity index (χ3n) is 5.85. The van der Waals surface area contributed by atoms with Gasteiger partial charge in [-0.1, -0.05) is 19.1 Å². The van der Waals surface area contributed by atoms with Crippen LogP contribution in [0.4, 0.5) is 4.79 Å². The van der Waals surface area contributed by atoms with E-state index in [-0.39, 0.29) is 12.1 Å². The second-order valence-corrected chi connectivity index (χ2v) is 7.71. The standard InChI is InChI=1S/C21H30N4O2/c1-2-8-23-21(26)25-11-12-27-15-17-14-24(10-7-20(17)25)13-16-4-3-5-19-18(16)6-9-22-19/h3-6,9,17,20,22H,2,7-8,10-15H2,1H3,(H,23,26)/t17-,20-/m1/s1. The quantitative estimate of drug-likeness (QED) is 0.870. The summed E-state index contributed by atoms with van der Waals surface area (Å²) in [5.41, 5.74) is 2.55. The van der Waals surface area contributed by atoms with Crippen molar-refractivity contribution in [1.82, 2.24) is 20.1 Å². The lowest BCUT2D eigenvalue weighted by Crippen LogP contribution is -2.55. The van der Waals surface area contributed by atoms with Crippen LogP contribution in [0.15, 0.2) is 30.5 Å². The van der Waals surface area contributed by atoms with E-state index < -0.39 is 0 Å². The summed E-state index contributed by atoms with van der Waals surface area (Å²) < 4.78 is 5.85. The molecule has 2 aliphatic rings. The number of ether oxygens (including phenoxy) is 1. The van der Waals surface area contributed by atoms with Crippen LogP contribution in [0.5, 0.6) is 0 Å². The van der Waals surface area contributed by atoms with Gasteiger partial charge in [-0.25, -0.2) is 4.79 Å². The van der Waals surface area contributed by atoms with E-state index in [0.717, 1.165) is 45.6 Å². The summed E-state index contributed by atoms with van der Waals surface area (Å²) in [5.74, 6) is 0.374. The topological polar surface area (TPSA) is 60.6 Å². The number of rotatable bonds is 4. The van der Waals surface area contributed by atoms with Gasteiger partial charge in [0.15, 0.2) is 0 Å². The van der Waals surface area contributed by atoms with E-state index in [1.54, 1.807) is 0 Å². The minimum Gasteiger partial charge on any atom is -0.379 e. The Labute approximate surface area is 160 Å². The van der Waals surface area contributed by atoms with Crippen LogP contribution >= 0.6 is 0 Å². The van der Waals surface area contributed by atoms with Gasteiger partial charge >= 0.3 is 6.03 Å². The highest BCUT2D eigenvalue weighted by atomic mass is 16.5. The van der Waals surface area contributed by atoms with E-state index in [0.29, 0.717) is 19.1 Å². The third kappa shape index (κ3) is 3.96. The van der Waals surface area contributed by atoms with Crippen molar-refractivity contribution in [3.8, 4) is 0 Å². The van der Waals surface area contributed by atoms with Crippen molar-refractivity contribution >= 4 is 16.9 Å². The van der Waals surface area contributed by atoms with Crippen LogP contribution < -0.4 is 5.32 Å². The molecule has 2 N–H and O–H groups in total. The number of aromatic amines is 1. The number of hydrogen-bond donors (Lipinski definition) is 2. The first-order valence-corrected chi connectivity index (χ1v) is 10.2. The first-order chi connectivity index (χ1) is 13.3. The highest BCUT2D eigenvalue weighted by molar-refractivity contribution is 5.82. The Morgan fingerprint density at radius 1 is 1.33 bits per heavy atom. The van der Waals surface area contributed by atoms with E-state index in [9.17, 15) is 4.79 Å². The van der Waals surface area contributed by atoms with E-state index in [1.807, 2.05) is 11.1 Å². The molecule has 2 fully saturated rings. The van der Waals surface area contributed by atoms with Crippen LogP contribution in [0.2, 0.25) is 0 Å². The second-order valence-electron chi connectivity index (χ2n) is 7.71. The summed E-state index contributed by atoms with van der Waals surface area (Å²) in [5, 5.41) is 4.35. The molecule has 2 aromatic rings. The summed E-state index contributed by atoms with van der Waals surface area (Å²) in [6, 6.07) is 8.97. The van der Waals surface area contributed by atoms with Crippen molar-refractivity contribution in [1.29, 1.82) is 0 Å². The summed E-state index contributed by atoms with van der Waals surface area (Å²) in [4.78, 5) is 20.4. The van der Waals surface area contributed by atoms with Crippen molar-refractivity contribution in [2.24, 2.45) is 5.92 Å². The van der Waals surface area contributed by atoms with Crippen molar-refractivity contribution in [2.45, 2.75) is 32.4 Å². The van der Waals surface area contributed by atoms with Gasteiger partial charge in [-0.3, -0.25) is 4.90 Å². The van der Waals surface area contributed by atoms with Crippen LogP contribution in [0, 0.1) is 5.92 Å². The van der Waals surface area contributed by atoms with Crippen molar-refractivity contribution in [3.63, 3.8) is 0 Å². The molecule has 4 rings (SSSR count). The molecule has 146 valence electrons. The number of nitrogens with zero attached hydrogens (tertiary/aromatic N) is 2. The molecule has 1 aromatic heterocycles. The SMILES string of the molecule is CCCNC(=O)N1CCOC[C@H]2CN(Cc3cccc4[nH]ccc34)CC[C@H]21. The van der Waals surface area contributed by atoms with Gasteiger partial charge in [-0.05, 0) is 30.5 Å². The third-order valence-corrected chi connectivity index (χ3v) is 5.85. The largest absolute Gasteiger partial charge is 0.379 e. The Kier molecular flexibility index (Phi) is 5.64. The molecule has 0 spiro atoms. The predicted molar refractivity (Wildman–Crippen MR) is 107 cm³/mol. The molecular weight excluding hydrogens is 340 g/mol. The maximum Gasteiger partial charge on any atom is 0.317 e. The highest BCUT2D eigenvalue weighted by Gasteiger charge is 2.37. The molecule has 0 unspecified atom stereocenters. The van der Waals surface area contributed by atoms with Gasteiger partial charge < -0.3 is 19.9 Å². The normalized spacial score (nSPS) is 23.8. The van der Waals surface area contributed by atoms with Crippen LogP contribution in [-0.4, -0.2) is 66.2 Å². The van der Waals surface area contributed by atoms with Gasteiger partial charge in [0.1, 0.15) is 0 Å². The number of nitrogens with one attached hydrogen (secondary N) is 2. The van der Waals surface area contributed by atoms with Gasteiger partial charge in [0.2, 0.25) is 0 Å². The van der Waals surface area contributed by atoms with Crippen molar-refractivity contribution in [2.75, 3.05) is 39.4 Å². The molecule has 2 amide bonds. The average molecular weight is 370 g/mol. The van der Waals surface area contributed by atoms with E-state index in [1.165, 1.54) is 16.5 Å². The molecule has 27 heavy (non-hydrogen) atoms.